The molecule has 1 heterocycles. The van der Waals surface area contributed by atoms with Gasteiger partial charge in [0, 0.05) is 38.4 Å². The Balaban J connectivity index is 1.20. The van der Waals surface area contributed by atoms with Crippen LogP contribution in [0.25, 0.3) is 0 Å². The van der Waals surface area contributed by atoms with E-state index in [1.165, 1.54) is 17.7 Å². The molecule has 2 bridgehead atoms. The predicted molar refractivity (Wildman–Crippen MR) is 125 cm³/mol. The van der Waals surface area contributed by atoms with Crippen LogP contribution in [0.4, 0.5) is 19.7 Å². The standard InChI is InChI=1S/C26H31FN4O2/c1-30(2)24(33)29-26-12-9-25(10-13-26,11-14-26)20-4-7-22(8-5-20)28-23(32)31-16-18-3-6-21(27)15-19(18)17-31/h3-8,15H,9-14,16-17H2,1-2H3,(H,28,32)(H,29,33). The fourth-order valence-electron chi connectivity index (χ4n) is 5.76. The Morgan fingerprint density at radius 2 is 1.55 bits per heavy atom. The van der Waals surface area contributed by atoms with Crippen molar-refractivity contribution >= 4 is 17.7 Å². The minimum atomic E-state index is -0.270. The summed E-state index contributed by atoms with van der Waals surface area (Å²) < 4.78 is 13.5. The highest BCUT2D eigenvalue weighted by Crippen LogP contribution is 2.53. The number of hydrogen-bond acceptors (Lipinski definition) is 2. The van der Waals surface area contributed by atoms with E-state index in [-0.39, 0.29) is 28.8 Å². The molecule has 0 aromatic heterocycles. The van der Waals surface area contributed by atoms with Crippen LogP contribution >= 0.6 is 0 Å². The Bertz CT molecular complexity index is 1060. The molecule has 3 fully saturated rings. The molecule has 7 heteroatoms. The second-order valence-electron chi connectivity index (χ2n) is 10.2. The molecule has 2 N–H and O–H groups in total. The molecule has 2 aromatic rings. The Kier molecular flexibility index (Phi) is 5.30. The maximum atomic E-state index is 13.5. The first-order valence-electron chi connectivity index (χ1n) is 11.7. The lowest BCUT2D eigenvalue weighted by Gasteiger charge is -2.54. The van der Waals surface area contributed by atoms with Crippen LogP contribution < -0.4 is 10.6 Å². The summed E-state index contributed by atoms with van der Waals surface area (Å²) >= 11 is 0. The predicted octanol–water partition coefficient (Wildman–Crippen LogP) is 4.99. The van der Waals surface area contributed by atoms with Gasteiger partial charge >= 0.3 is 12.1 Å². The van der Waals surface area contributed by atoms with E-state index < -0.39 is 0 Å². The molecule has 4 aliphatic rings. The van der Waals surface area contributed by atoms with Gasteiger partial charge in [-0.25, -0.2) is 14.0 Å². The van der Waals surface area contributed by atoms with Crippen molar-refractivity contribution in [3.05, 3.63) is 65.0 Å². The third kappa shape index (κ3) is 4.05. The summed E-state index contributed by atoms with van der Waals surface area (Å²) in [7, 11) is 3.56. The number of carbonyl (C=O) groups excluding carboxylic acids is 2. The monoisotopic (exact) mass is 450 g/mol. The van der Waals surface area contributed by atoms with Gasteiger partial charge in [0.05, 0.1) is 0 Å². The van der Waals surface area contributed by atoms with Crippen molar-refractivity contribution in [2.45, 2.75) is 62.6 Å². The Labute approximate surface area is 194 Å². The van der Waals surface area contributed by atoms with E-state index in [1.54, 1.807) is 30.0 Å². The summed E-state index contributed by atoms with van der Waals surface area (Å²) in [6, 6.07) is 12.8. The van der Waals surface area contributed by atoms with Gasteiger partial charge in [-0.05, 0) is 84.9 Å². The van der Waals surface area contributed by atoms with E-state index >= 15 is 0 Å². The molecule has 3 aliphatic carbocycles. The lowest BCUT2D eigenvalue weighted by atomic mass is 9.55. The van der Waals surface area contributed by atoms with Crippen molar-refractivity contribution in [2.24, 2.45) is 0 Å². The van der Waals surface area contributed by atoms with E-state index in [2.05, 4.69) is 22.8 Å². The summed E-state index contributed by atoms with van der Waals surface area (Å²) in [5.74, 6) is -0.270. The summed E-state index contributed by atoms with van der Waals surface area (Å²) in [5.41, 5.74) is 4.04. The third-order valence-electron chi connectivity index (χ3n) is 7.95. The molecular formula is C26H31FN4O2. The van der Waals surface area contributed by atoms with E-state index in [1.807, 2.05) is 12.1 Å². The lowest BCUT2D eigenvalue weighted by Crippen LogP contribution is -2.59. The molecule has 0 atom stereocenters. The number of halogens is 1. The van der Waals surface area contributed by atoms with E-state index in [0.29, 0.717) is 13.1 Å². The van der Waals surface area contributed by atoms with Crippen molar-refractivity contribution in [1.82, 2.24) is 15.1 Å². The number of fused-ring (bicyclic) bond motifs is 4. The zero-order valence-electron chi connectivity index (χ0n) is 19.3. The highest BCUT2D eigenvalue weighted by Gasteiger charge is 2.50. The maximum absolute atomic E-state index is 13.5. The molecule has 2 aromatic carbocycles. The number of hydrogen-bond donors (Lipinski definition) is 2. The van der Waals surface area contributed by atoms with Crippen molar-refractivity contribution in [1.29, 1.82) is 0 Å². The number of rotatable bonds is 3. The third-order valence-corrected chi connectivity index (χ3v) is 7.95. The van der Waals surface area contributed by atoms with Crippen LogP contribution in [0.5, 0.6) is 0 Å². The zero-order chi connectivity index (χ0) is 23.2. The van der Waals surface area contributed by atoms with Crippen molar-refractivity contribution in [2.75, 3.05) is 19.4 Å². The SMILES string of the molecule is CN(C)C(=O)NC12CCC(c3ccc(NC(=O)N4Cc5ccc(F)cc5C4)cc3)(CC1)CC2. The van der Waals surface area contributed by atoms with Crippen LogP contribution in [0.15, 0.2) is 42.5 Å². The average Bonchev–Trinajstić information content (AvgIpc) is 3.24. The van der Waals surface area contributed by atoms with Gasteiger partial charge < -0.3 is 20.4 Å². The van der Waals surface area contributed by atoms with Crippen LogP contribution in [0.1, 0.15) is 55.2 Å². The number of carbonyl (C=O) groups is 2. The molecular weight excluding hydrogens is 419 g/mol. The van der Waals surface area contributed by atoms with Gasteiger partial charge in [-0.3, -0.25) is 0 Å². The first kappa shape index (κ1) is 21.7. The number of amides is 4. The molecule has 3 saturated carbocycles. The number of benzene rings is 2. The van der Waals surface area contributed by atoms with Crippen molar-refractivity contribution in [3.63, 3.8) is 0 Å². The van der Waals surface area contributed by atoms with Gasteiger partial charge in [-0.2, -0.15) is 0 Å². The van der Waals surface area contributed by atoms with E-state index in [9.17, 15) is 14.0 Å². The topological polar surface area (TPSA) is 64.7 Å². The van der Waals surface area contributed by atoms with Gasteiger partial charge in [0.15, 0.2) is 0 Å². The highest BCUT2D eigenvalue weighted by atomic mass is 19.1. The fraction of sp³-hybridized carbons (Fsp3) is 0.462. The summed E-state index contributed by atoms with van der Waals surface area (Å²) in [6.07, 6.45) is 6.20. The minimum absolute atomic E-state index is 0.00396. The van der Waals surface area contributed by atoms with Gasteiger partial charge in [0.25, 0.3) is 0 Å². The molecule has 0 spiro atoms. The molecule has 4 amide bonds. The Hall–Kier alpha value is -3.09. The summed E-state index contributed by atoms with van der Waals surface area (Å²) in [5, 5.41) is 6.25. The zero-order valence-corrected chi connectivity index (χ0v) is 19.3. The van der Waals surface area contributed by atoms with Crippen LogP contribution in [-0.4, -0.2) is 41.5 Å². The smallest absolute Gasteiger partial charge is 0.322 e. The number of nitrogens with one attached hydrogen (secondary N) is 2. The quantitative estimate of drug-likeness (QED) is 0.692. The summed E-state index contributed by atoms with van der Waals surface area (Å²) in [4.78, 5) is 28.2. The van der Waals surface area contributed by atoms with Crippen molar-refractivity contribution < 1.29 is 14.0 Å². The Morgan fingerprint density at radius 1 is 0.909 bits per heavy atom. The Morgan fingerprint density at radius 3 is 2.18 bits per heavy atom. The highest BCUT2D eigenvalue weighted by molar-refractivity contribution is 5.89. The van der Waals surface area contributed by atoms with E-state index in [4.69, 9.17) is 0 Å². The van der Waals surface area contributed by atoms with E-state index in [0.717, 1.165) is 55.3 Å². The molecule has 0 unspecified atom stereocenters. The molecule has 6 rings (SSSR count). The fourth-order valence-corrected chi connectivity index (χ4v) is 5.76. The molecule has 1 aliphatic heterocycles. The minimum Gasteiger partial charge on any atom is -0.333 e. The second kappa shape index (κ2) is 8.04. The van der Waals surface area contributed by atoms with Crippen LogP contribution in [0, 0.1) is 5.82 Å². The molecule has 6 nitrogen and oxygen atoms in total. The van der Waals surface area contributed by atoms with Crippen LogP contribution in [0.2, 0.25) is 0 Å². The first-order chi connectivity index (χ1) is 15.8. The molecule has 0 saturated heterocycles. The van der Waals surface area contributed by atoms with Crippen LogP contribution in [-0.2, 0) is 18.5 Å². The van der Waals surface area contributed by atoms with Gasteiger partial charge in [0.2, 0.25) is 0 Å². The van der Waals surface area contributed by atoms with Gasteiger partial charge in [0.1, 0.15) is 5.82 Å². The molecule has 174 valence electrons. The number of nitrogens with zero attached hydrogens (tertiary/aromatic N) is 2. The molecule has 33 heavy (non-hydrogen) atoms. The lowest BCUT2D eigenvalue weighted by molar-refractivity contribution is 0.0797. The maximum Gasteiger partial charge on any atom is 0.322 e. The van der Waals surface area contributed by atoms with Crippen molar-refractivity contribution in [3.8, 4) is 0 Å². The number of anilines is 1. The average molecular weight is 451 g/mol. The number of urea groups is 2. The largest absolute Gasteiger partial charge is 0.333 e. The summed E-state index contributed by atoms with van der Waals surface area (Å²) in [6.45, 7) is 0.918. The second-order valence-corrected chi connectivity index (χ2v) is 10.2. The van der Waals surface area contributed by atoms with Crippen LogP contribution in [0.3, 0.4) is 0 Å². The first-order valence-corrected chi connectivity index (χ1v) is 11.7. The van der Waals surface area contributed by atoms with Gasteiger partial charge in [-0.15, -0.1) is 0 Å². The molecule has 0 radical (unpaired) electrons. The van der Waals surface area contributed by atoms with Gasteiger partial charge in [-0.1, -0.05) is 18.2 Å². The normalized spacial score (nSPS) is 25.5.